The number of rotatable bonds is 4. The van der Waals surface area contributed by atoms with Crippen molar-refractivity contribution in [3.05, 3.63) is 11.3 Å². The van der Waals surface area contributed by atoms with Crippen molar-refractivity contribution in [2.75, 3.05) is 51.8 Å². The van der Waals surface area contributed by atoms with Crippen LogP contribution in [0.1, 0.15) is 0 Å². The van der Waals surface area contributed by atoms with Gasteiger partial charge in [-0.1, -0.05) is 0 Å². The van der Waals surface area contributed by atoms with Gasteiger partial charge in [-0.3, -0.25) is 9.69 Å². The summed E-state index contributed by atoms with van der Waals surface area (Å²) in [6.07, 6.45) is 1.19. The molecule has 0 bridgehead atoms. The summed E-state index contributed by atoms with van der Waals surface area (Å²) in [6, 6.07) is -0.663. The van der Waals surface area contributed by atoms with E-state index in [4.69, 9.17) is 5.73 Å². The molecule has 25 heavy (non-hydrogen) atoms. The van der Waals surface area contributed by atoms with Gasteiger partial charge in [-0.25, -0.2) is 8.42 Å². The lowest BCUT2D eigenvalue weighted by Crippen LogP contribution is -2.69. The fraction of sp³-hybridized carbons (Fsp3) is 0.714. The minimum atomic E-state index is -3.22. The first-order chi connectivity index (χ1) is 11.5. The third-order valence-corrected chi connectivity index (χ3v) is 7.77. The number of sulfonamides is 1. The molecule has 2 fully saturated rings. The normalized spacial score (nSPS) is 30.0. The summed E-state index contributed by atoms with van der Waals surface area (Å²) in [5.41, 5.74) is 6.33. The highest BCUT2D eigenvalue weighted by Crippen LogP contribution is 2.39. The predicted molar refractivity (Wildman–Crippen MR) is 90.3 cm³/mol. The lowest BCUT2D eigenvalue weighted by Gasteiger charge is -2.50. The minimum Gasteiger partial charge on any atom is -0.543 e. The van der Waals surface area contributed by atoms with Crippen molar-refractivity contribution >= 4 is 33.7 Å². The van der Waals surface area contributed by atoms with Crippen molar-refractivity contribution in [3.8, 4) is 0 Å². The summed E-state index contributed by atoms with van der Waals surface area (Å²) >= 11 is 1.46. The minimum absolute atomic E-state index is 0.0552. The topological polar surface area (TPSA) is 124 Å². The van der Waals surface area contributed by atoms with Gasteiger partial charge in [0.2, 0.25) is 15.9 Å². The maximum atomic E-state index is 12.0. The van der Waals surface area contributed by atoms with Gasteiger partial charge < -0.3 is 20.1 Å². The van der Waals surface area contributed by atoms with Crippen molar-refractivity contribution in [1.82, 2.24) is 9.21 Å². The van der Waals surface area contributed by atoms with Gasteiger partial charge >= 0.3 is 0 Å². The van der Waals surface area contributed by atoms with E-state index in [0.29, 0.717) is 48.5 Å². The molecule has 0 aromatic carbocycles. The van der Waals surface area contributed by atoms with Crippen LogP contribution < -0.4 is 10.8 Å². The van der Waals surface area contributed by atoms with Gasteiger partial charge in [-0.05, 0) is 0 Å². The number of hydrogen-bond acceptors (Lipinski definition) is 7. The van der Waals surface area contributed by atoms with Crippen LogP contribution in [-0.4, -0.2) is 97.2 Å². The first kappa shape index (κ1) is 18.6. The third-order valence-electron chi connectivity index (χ3n) is 5.10. The summed E-state index contributed by atoms with van der Waals surface area (Å²) < 4.78 is 25.3. The number of carbonyl (C=O) groups is 2. The second-order valence-corrected chi connectivity index (χ2v) is 10.1. The molecule has 2 saturated heterocycles. The van der Waals surface area contributed by atoms with Crippen molar-refractivity contribution in [2.24, 2.45) is 5.73 Å². The van der Waals surface area contributed by atoms with Gasteiger partial charge in [0.05, 0.1) is 51.1 Å². The first-order valence-electron chi connectivity index (χ1n) is 7.96. The number of carboxylic acids is 1. The Hall–Kier alpha value is -1.14. The highest BCUT2D eigenvalue weighted by atomic mass is 32.2. The van der Waals surface area contributed by atoms with Crippen LogP contribution >= 0.6 is 11.8 Å². The molecule has 3 aliphatic heterocycles. The monoisotopic (exact) mass is 390 g/mol. The molecule has 3 rings (SSSR count). The number of nitrogens with zero attached hydrogens (tertiary/aromatic N) is 3. The molecule has 0 radical (unpaired) electrons. The molecule has 0 aliphatic carbocycles. The van der Waals surface area contributed by atoms with Crippen LogP contribution in [-0.2, 0) is 19.6 Å². The summed E-state index contributed by atoms with van der Waals surface area (Å²) in [4.78, 5) is 24.8. The Balaban J connectivity index is 1.79. The largest absolute Gasteiger partial charge is 0.543 e. The Morgan fingerprint density at radius 3 is 2.52 bits per heavy atom. The molecule has 140 valence electrons. The average molecular weight is 390 g/mol. The van der Waals surface area contributed by atoms with Gasteiger partial charge in [-0.2, -0.15) is 4.31 Å². The maximum Gasteiger partial charge on any atom is 0.248 e. The number of aliphatic carboxylic acids is 1. The number of nitrogens with two attached hydrogens (primary N) is 1. The smallest absolute Gasteiger partial charge is 0.248 e. The lowest BCUT2D eigenvalue weighted by molar-refractivity contribution is -0.908. The van der Waals surface area contributed by atoms with Crippen LogP contribution in [0.5, 0.6) is 0 Å². The molecule has 2 N–H and O–H groups in total. The molecule has 2 unspecified atom stereocenters. The predicted octanol–water partition coefficient (Wildman–Crippen LogP) is -3.05. The van der Waals surface area contributed by atoms with Gasteiger partial charge in [0.15, 0.2) is 0 Å². The Kier molecular flexibility index (Phi) is 4.65. The van der Waals surface area contributed by atoms with Crippen LogP contribution in [0.15, 0.2) is 11.3 Å². The zero-order valence-electron chi connectivity index (χ0n) is 14.2. The van der Waals surface area contributed by atoms with Gasteiger partial charge in [0, 0.05) is 11.3 Å². The summed E-state index contributed by atoms with van der Waals surface area (Å²) in [5, 5.41) is 11.3. The number of likely N-dealkylation sites (N-methyl/N-ethyl adjacent to an activating group) is 1. The molecule has 0 aromatic rings. The molecule has 9 nitrogen and oxygen atoms in total. The molecule has 2 atom stereocenters. The van der Waals surface area contributed by atoms with Crippen LogP contribution in [0.25, 0.3) is 0 Å². The van der Waals surface area contributed by atoms with Crippen molar-refractivity contribution in [1.29, 1.82) is 0 Å². The van der Waals surface area contributed by atoms with E-state index < -0.39 is 27.9 Å². The van der Waals surface area contributed by atoms with Gasteiger partial charge in [-0.15, -0.1) is 11.8 Å². The third kappa shape index (κ3) is 3.31. The number of piperazine rings is 1. The van der Waals surface area contributed by atoms with E-state index in [1.54, 1.807) is 0 Å². The van der Waals surface area contributed by atoms with Gasteiger partial charge in [0.1, 0.15) is 18.0 Å². The first-order valence-corrected chi connectivity index (χ1v) is 10.9. The standard InChI is InChI=1S/C14H22N4O5S2/c1-18(5-3-16(4-6-18)25(2,22)23)7-9-8-24-13-10(15)12(19)17(13)11(9)14(20)21/h10,13H,3-8,15H2,1-2H3. The molecule has 3 heterocycles. The van der Waals surface area contributed by atoms with Crippen molar-refractivity contribution in [3.63, 3.8) is 0 Å². The number of amides is 1. The highest BCUT2D eigenvalue weighted by Gasteiger charge is 2.51. The summed E-state index contributed by atoms with van der Waals surface area (Å²) in [7, 11) is -1.25. The Morgan fingerprint density at radius 1 is 1.40 bits per heavy atom. The number of thioether (sulfide) groups is 1. The quantitative estimate of drug-likeness (QED) is 0.400. The van der Waals surface area contributed by atoms with Gasteiger partial charge in [0.25, 0.3) is 0 Å². The number of carboxylic acid groups (broad SMARTS) is 1. The Morgan fingerprint density at radius 2 is 2.00 bits per heavy atom. The average Bonchev–Trinajstić information content (AvgIpc) is 2.52. The molecule has 0 spiro atoms. The zero-order chi connectivity index (χ0) is 18.6. The van der Waals surface area contributed by atoms with E-state index in [9.17, 15) is 23.1 Å². The molecule has 11 heteroatoms. The SMILES string of the molecule is C[N+]1(CC2=C(C(=O)[O-])N3C(=O)C(N)C3SC2)CCN(S(C)(=O)=O)CC1. The van der Waals surface area contributed by atoms with Crippen LogP contribution in [0.2, 0.25) is 0 Å². The number of β-lactam (4-membered cyclic amide) rings is 1. The number of carbonyl (C=O) groups excluding carboxylic acids is 2. The molecule has 1 amide bonds. The van der Waals surface area contributed by atoms with E-state index >= 15 is 0 Å². The highest BCUT2D eigenvalue weighted by molar-refractivity contribution is 8.00. The van der Waals surface area contributed by atoms with Crippen LogP contribution in [0.4, 0.5) is 0 Å². The van der Waals surface area contributed by atoms with E-state index in [-0.39, 0.29) is 11.1 Å². The summed E-state index contributed by atoms with van der Waals surface area (Å²) in [6.45, 7) is 2.40. The Labute approximate surface area is 151 Å². The number of quaternary nitrogens is 1. The van der Waals surface area contributed by atoms with Crippen molar-refractivity contribution < 1.29 is 27.6 Å². The molecule has 0 saturated carbocycles. The lowest BCUT2D eigenvalue weighted by atomic mass is 10.0. The zero-order valence-corrected chi connectivity index (χ0v) is 15.8. The molecule has 0 aromatic heterocycles. The molecular weight excluding hydrogens is 368 g/mol. The van der Waals surface area contributed by atoms with E-state index in [1.807, 2.05) is 7.05 Å². The fourth-order valence-electron chi connectivity index (χ4n) is 3.57. The second kappa shape index (κ2) is 6.23. The Bertz CT molecular complexity index is 742. The van der Waals surface area contributed by atoms with E-state index in [2.05, 4.69) is 0 Å². The maximum absolute atomic E-state index is 12.0. The van der Waals surface area contributed by atoms with Crippen LogP contribution in [0.3, 0.4) is 0 Å². The van der Waals surface area contributed by atoms with E-state index in [0.717, 1.165) is 0 Å². The van der Waals surface area contributed by atoms with E-state index in [1.165, 1.54) is 27.2 Å². The summed E-state index contributed by atoms with van der Waals surface area (Å²) in [5.74, 6) is -1.27. The molecular formula is C14H22N4O5S2. The fourth-order valence-corrected chi connectivity index (χ4v) is 5.68. The second-order valence-electron chi connectivity index (χ2n) is 7.06. The van der Waals surface area contributed by atoms with Crippen molar-refractivity contribution in [2.45, 2.75) is 11.4 Å². The number of hydrogen-bond donors (Lipinski definition) is 1. The van der Waals surface area contributed by atoms with Crippen LogP contribution in [0, 0.1) is 0 Å². The number of fused-ring (bicyclic) bond motifs is 1. The molecule has 3 aliphatic rings.